The zero-order chi connectivity index (χ0) is 20.8. The van der Waals surface area contributed by atoms with Crippen molar-refractivity contribution in [3.8, 4) is 0 Å². The maximum absolute atomic E-state index is 12.0. The summed E-state index contributed by atoms with van der Waals surface area (Å²) in [5.41, 5.74) is 9.98. The lowest BCUT2D eigenvalue weighted by atomic mass is 9.81. The predicted octanol–water partition coefficient (Wildman–Crippen LogP) is 3.09. The van der Waals surface area contributed by atoms with E-state index in [1.165, 1.54) is 6.33 Å². The minimum atomic E-state index is -0.0424. The van der Waals surface area contributed by atoms with Crippen LogP contribution >= 0.6 is 11.6 Å². The molecule has 3 aromatic rings. The van der Waals surface area contributed by atoms with Crippen LogP contribution in [0.2, 0.25) is 5.02 Å². The molecule has 2 aromatic heterocycles. The van der Waals surface area contributed by atoms with E-state index in [1.54, 1.807) is 7.05 Å². The summed E-state index contributed by atoms with van der Waals surface area (Å²) in [6, 6.07) is 5.88. The number of carbonyl (C=O) groups excluding carboxylic acids is 1. The van der Waals surface area contributed by atoms with Gasteiger partial charge in [-0.15, -0.1) is 0 Å². The molecule has 1 saturated carbocycles. The van der Waals surface area contributed by atoms with Crippen LogP contribution in [0.4, 0.5) is 11.5 Å². The minimum absolute atomic E-state index is 0.0424. The van der Waals surface area contributed by atoms with Crippen LogP contribution < -0.4 is 16.4 Å². The van der Waals surface area contributed by atoms with E-state index in [0.717, 1.165) is 60.4 Å². The van der Waals surface area contributed by atoms with Gasteiger partial charge in [0.1, 0.15) is 17.7 Å². The molecule has 1 unspecified atom stereocenters. The van der Waals surface area contributed by atoms with Gasteiger partial charge in [-0.1, -0.05) is 23.7 Å². The first-order valence-corrected chi connectivity index (χ1v) is 10.7. The van der Waals surface area contributed by atoms with Crippen molar-refractivity contribution in [1.82, 2.24) is 24.9 Å². The molecule has 8 nitrogen and oxygen atoms in total. The lowest BCUT2D eigenvalue weighted by molar-refractivity contribution is -0.125. The van der Waals surface area contributed by atoms with Crippen molar-refractivity contribution in [3.63, 3.8) is 0 Å². The molecule has 0 bridgehead atoms. The largest absolute Gasteiger partial charge is 0.382 e. The predicted molar refractivity (Wildman–Crippen MR) is 115 cm³/mol. The molecular formula is C21H24ClN7O. The van der Waals surface area contributed by atoms with Gasteiger partial charge in [0.2, 0.25) is 5.91 Å². The maximum Gasteiger partial charge on any atom is 0.222 e. The molecule has 0 spiro atoms. The highest BCUT2D eigenvalue weighted by Crippen LogP contribution is 2.42. The number of para-hydroxylation sites is 1. The Labute approximate surface area is 179 Å². The van der Waals surface area contributed by atoms with Crippen LogP contribution in [0.15, 0.2) is 24.5 Å². The summed E-state index contributed by atoms with van der Waals surface area (Å²) in [6.45, 7) is 0. The van der Waals surface area contributed by atoms with E-state index >= 15 is 0 Å². The molecule has 5 rings (SSSR count). The first-order chi connectivity index (χ1) is 14.6. The third-order valence-electron chi connectivity index (χ3n) is 6.40. The number of amides is 1. The van der Waals surface area contributed by atoms with Crippen molar-refractivity contribution in [2.24, 2.45) is 5.92 Å². The molecule has 0 radical (unpaired) electrons. The maximum atomic E-state index is 12.0. The Morgan fingerprint density at radius 3 is 2.83 bits per heavy atom. The van der Waals surface area contributed by atoms with Crippen molar-refractivity contribution in [1.29, 1.82) is 0 Å². The zero-order valence-electron chi connectivity index (χ0n) is 16.7. The SMILES string of the molecule is CNC(=O)C1CCC(c2nc(C3Cc4cccc(Cl)c4N3)c3c(N)ncnn23)CC1. The summed E-state index contributed by atoms with van der Waals surface area (Å²) in [6.07, 6.45) is 5.73. The molecule has 1 aromatic carbocycles. The number of fused-ring (bicyclic) bond motifs is 2. The summed E-state index contributed by atoms with van der Waals surface area (Å²) >= 11 is 6.38. The number of nitrogen functional groups attached to an aromatic ring is 1. The first kappa shape index (κ1) is 19.1. The van der Waals surface area contributed by atoms with E-state index in [9.17, 15) is 4.79 Å². The van der Waals surface area contributed by atoms with Crippen molar-refractivity contribution in [2.75, 3.05) is 18.1 Å². The lowest BCUT2D eigenvalue weighted by Crippen LogP contribution is -2.30. The number of imidazole rings is 1. The number of nitrogens with two attached hydrogens (primary N) is 1. The Morgan fingerprint density at radius 1 is 1.30 bits per heavy atom. The van der Waals surface area contributed by atoms with E-state index < -0.39 is 0 Å². The monoisotopic (exact) mass is 425 g/mol. The fraction of sp³-hybridized carbons (Fsp3) is 0.429. The highest BCUT2D eigenvalue weighted by Gasteiger charge is 2.33. The van der Waals surface area contributed by atoms with E-state index in [-0.39, 0.29) is 23.8 Å². The number of benzene rings is 1. The van der Waals surface area contributed by atoms with Gasteiger partial charge in [0.15, 0.2) is 5.82 Å². The number of rotatable bonds is 3. The number of anilines is 2. The molecule has 1 amide bonds. The molecule has 1 atom stereocenters. The summed E-state index contributed by atoms with van der Waals surface area (Å²) in [5.74, 6) is 1.74. The molecule has 1 fully saturated rings. The van der Waals surface area contributed by atoms with Crippen LogP contribution in [0.1, 0.15) is 54.7 Å². The normalized spacial score (nSPS) is 23.2. The average molecular weight is 426 g/mol. The van der Waals surface area contributed by atoms with Gasteiger partial charge in [-0.2, -0.15) is 5.10 Å². The van der Waals surface area contributed by atoms with Gasteiger partial charge < -0.3 is 16.4 Å². The van der Waals surface area contributed by atoms with Crippen molar-refractivity contribution < 1.29 is 4.79 Å². The smallest absolute Gasteiger partial charge is 0.222 e. The van der Waals surface area contributed by atoms with Crippen LogP contribution in [-0.4, -0.2) is 32.5 Å². The van der Waals surface area contributed by atoms with E-state index in [4.69, 9.17) is 22.3 Å². The summed E-state index contributed by atoms with van der Waals surface area (Å²) in [5, 5.41) is 11.5. The fourth-order valence-corrected chi connectivity index (χ4v) is 5.09. The summed E-state index contributed by atoms with van der Waals surface area (Å²) in [4.78, 5) is 21.2. The van der Waals surface area contributed by atoms with Crippen LogP contribution in [0.3, 0.4) is 0 Å². The Kier molecular flexibility index (Phi) is 4.73. The Balaban J connectivity index is 1.50. The first-order valence-electron chi connectivity index (χ1n) is 10.3. The quantitative estimate of drug-likeness (QED) is 0.594. The molecule has 2 aliphatic rings. The van der Waals surface area contributed by atoms with Gasteiger partial charge in [-0.3, -0.25) is 4.79 Å². The van der Waals surface area contributed by atoms with Gasteiger partial charge in [0.05, 0.1) is 22.4 Å². The zero-order valence-corrected chi connectivity index (χ0v) is 17.5. The second-order valence-electron chi connectivity index (χ2n) is 8.10. The van der Waals surface area contributed by atoms with E-state index in [0.29, 0.717) is 10.8 Å². The number of hydrogen-bond acceptors (Lipinski definition) is 6. The van der Waals surface area contributed by atoms with Crippen molar-refractivity contribution in [2.45, 2.75) is 44.1 Å². The molecule has 30 heavy (non-hydrogen) atoms. The number of nitrogens with zero attached hydrogens (tertiary/aromatic N) is 4. The van der Waals surface area contributed by atoms with Crippen LogP contribution in [0.25, 0.3) is 5.52 Å². The van der Waals surface area contributed by atoms with Gasteiger partial charge in [-0.25, -0.2) is 14.5 Å². The van der Waals surface area contributed by atoms with Crippen LogP contribution in [0.5, 0.6) is 0 Å². The van der Waals surface area contributed by atoms with Crippen molar-refractivity contribution in [3.05, 3.63) is 46.6 Å². The molecule has 3 heterocycles. The number of carbonyl (C=O) groups is 1. The summed E-state index contributed by atoms with van der Waals surface area (Å²) in [7, 11) is 1.70. The molecular weight excluding hydrogens is 402 g/mol. The number of aromatic nitrogens is 4. The van der Waals surface area contributed by atoms with Crippen LogP contribution in [-0.2, 0) is 11.2 Å². The highest BCUT2D eigenvalue weighted by atomic mass is 35.5. The third-order valence-corrected chi connectivity index (χ3v) is 6.71. The van der Waals surface area contributed by atoms with Gasteiger partial charge in [0, 0.05) is 25.3 Å². The standard InChI is InChI=1S/C21H24ClN7O/c1-24-21(30)12-7-5-11(6-8-12)20-28-17(18-19(23)25-10-26-29(18)20)15-9-13-3-2-4-14(22)16(13)27-15/h2-4,10-12,15,27H,5-9H2,1H3,(H,24,30)(H2,23,25,26). The second-order valence-corrected chi connectivity index (χ2v) is 8.51. The van der Waals surface area contributed by atoms with E-state index in [1.807, 2.05) is 16.6 Å². The second kappa shape index (κ2) is 7.43. The molecule has 4 N–H and O–H groups in total. The van der Waals surface area contributed by atoms with Gasteiger partial charge in [0.25, 0.3) is 0 Å². The molecule has 1 aliphatic carbocycles. The third kappa shape index (κ3) is 3.06. The lowest BCUT2D eigenvalue weighted by Gasteiger charge is -2.26. The molecule has 9 heteroatoms. The topological polar surface area (TPSA) is 110 Å². The van der Waals surface area contributed by atoms with E-state index in [2.05, 4.69) is 26.8 Å². The fourth-order valence-electron chi connectivity index (χ4n) is 4.84. The molecule has 1 aliphatic heterocycles. The van der Waals surface area contributed by atoms with Crippen LogP contribution in [0, 0.1) is 5.92 Å². The van der Waals surface area contributed by atoms with Crippen molar-refractivity contribution >= 4 is 34.5 Å². The summed E-state index contributed by atoms with van der Waals surface area (Å²) < 4.78 is 1.84. The average Bonchev–Trinajstić information content (AvgIpc) is 3.37. The number of halogens is 1. The van der Waals surface area contributed by atoms with Gasteiger partial charge in [-0.05, 0) is 37.3 Å². The Bertz CT molecular complexity index is 1120. The van der Waals surface area contributed by atoms with Gasteiger partial charge >= 0.3 is 0 Å². The molecule has 0 saturated heterocycles. The minimum Gasteiger partial charge on any atom is -0.382 e. The Morgan fingerprint density at radius 2 is 2.10 bits per heavy atom. The number of hydrogen-bond donors (Lipinski definition) is 3. The number of nitrogens with one attached hydrogen (secondary N) is 2. The molecule has 156 valence electrons. The highest BCUT2D eigenvalue weighted by molar-refractivity contribution is 6.33. The Hall–Kier alpha value is -2.87.